The number of amides is 2. The van der Waals surface area contributed by atoms with Gasteiger partial charge in [-0.15, -0.1) is 0 Å². The van der Waals surface area contributed by atoms with Crippen LogP contribution >= 0.6 is 0 Å². The Morgan fingerprint density at radius 1 is 1.05 bits per heavy atom. The lowest BCUT2D eigenvalue weighted by Crippen LogP contribution is -2.25. The van der Waals surface area contributed by atoms with E-state index in [0.717, 1.165) is 11.1 Å². The third-order valence-electron chi connectivity index (χ3n) is 6.02. The highest BCUT2D eigenvalue weighted by Gasteiger charge is 2.20. The molecule has 0 bridgehead atoms. The van der Waals surface area contributed by atoms with E-state index >= 15 is 0 Å². The van der Waals surface area contributed by atoms with Gasteiger partial charge in [-0.3, -0.25) is 9.59 Å². The molecule has 8 nitrogen and oxygen atoms in total. The molecule has 0 spiro atoms. The largest absolute Gasteiger partial charge is 0.482 e. The Morgan fingerprint density at radius 2 is 1.92 bits per heavy atom. The van der Waals surface area contributed by atoms with E-state index in [-0.39, 0.29) is 30.8 Å². The molecule has 182 valence electrons. The minimum atomic E-state index is -0.363. The van der Waals surface area contributed by atoms with Crippen LogP contribution in [0, 0.1) is 5.82 Å². The molecule has 0 radical (unpaired) electrons. The van der Waals surface area contributed by atoms with Crippen LogP contribution < -0.4 is 15.4 Å². The van der Waals surface area contributed by atoms with Crippen molar-refractivity contribution < 1.29 is 18.7 Å². The summed E-state index contributed by atoms with van der Waals surface area (Å²) in [5.74, 6) is -0.421. The lowest BCUT2D eigenvalue weighted by atomic mass is 10.1. The highest BCUT2D eigenvalue weighted by molar-refractivity contribution is 6.13. The van der Waals surface area contributed by atoms with Crippen molar-refractivity contribution in [2.24, 2.45) is 0 Å². The second-order valence-electron chi connectivity index (χ2n) is 8.59. The molecule has 3 aromatic carbocycles. The average molecular weight is 493 g/mol. The number of fused-ring (bicyclic) bond motifs is 2. The molecule has 0 unspecified atom stereocenters. The molecule has 2 N–H and O–H groups in total. The van der Waals surface area contributed by atoms with Crippen LogP contribution in [-0.4, -0.2) is 33.2 Å². The monoisotopic (exact) mass is 493 g/mol. The number of carbonyl (C=O) groups is 2. The number of anilines is 2. The zero-order valence-corrected chi connectivity index (χ0v) is 19.4. The van der Waals surface area contributed by atoms with Crippen LogP contribution in [0.1, 0.15) is 15.9 Å². The van der Waals surface area contributed by atoms with Crippen molar-refractivity contribution in [2.45, 2.75) is 6.54 Å². The molecule has 2 amide bonds. The number of halogens is 1. The molecule has 0 saturated carbocycles. The lowest BCUT2D eigenvalue weighted by Gasteiger charge is -2.18. The summed E-state index contributed by atoms with van der Waals surface area (Å²) in [6.07, 6.45) is 1.59. The number of pyridine rings is 1. The number of carbonyl (C=O) groups excluding carboxylic acids is 2. The minimum absolute atomic E-state index is 0.0461. The molecule has 3 heterocycles. The lowest BCUT2D eigenvalue weighted by molar-refractivity contribution is -0.118. The molecule has 9 heteroatoms. The Bertz CT molecular complexity index is 1670. The van der Waals surface area contributed by atoms with Crippen LogP contribution in [0.15, 0.2) is 85.1 Å². The molecule has 6 rings (SSSR count). The first-order valence-corrected chi connectivity index (χ1v) is 11.6. The van der Waals surface area contributed by atoms with Crippen LogP contribution in [0.2, 0.25) is 0 Å². The third kappa shape index (κ3) is 4.50. The quantitative estimate of drug-likeness (QED) is 0.364. The fourth-order valence-electron chi connectivity index (χ4n) is 4.28. The van der Waals surface area contributed by atoms with Crippen LogP contribution in [-0.2, 0) is 11.3 Å². The summed E-state index contributed by atoms with van der Waals surface area (Å²) in [6, 6.07) is 22.6. The van der Waals surface area contributed by atoms with Crippen LogP contribution in [0.4, 0.5) is 15.8 Å². The second-order valence-corrected chi connectivity index (χ2v) is 8.59. The van der Waals surface area contributed by atoms with E-state index in [1.165, 1.54) is 12.1 Å². The van der Waals surface area contributed by atoms with Gasteiger partial charge in [-0.05, 0) is 42.0 Å². The molecule has 37 heavy (non-hydrogen) atoms. The maximum absolute atomic E-state index is 13.8. The van der Waals surface area contributed by atoms with Crippen molar-refractivity contribution in [1.29, 1.82) is 0 Å². The van der Waals surface area contributed by atoms with E-state index in [9.17, 15) is 14.0 Å². The van der Waals surface area contributed by atoms with Crippen LogP contribution in [0.5, 0.6) is 5.75 Å². The number of nitrogens with zero attached hydrogens (tertiary/aromatic N) is 3. The molecule has 1 aliphatic heterocycles. The summed E-state index contributed by atoms with van der Waals surface area (Å²) in [4.78, 5) is 30.0. The zero-order valence-electron chi connectivity index (χ0n) is 19.4. The number of hydrogen-bond donors (Lipinski definition) is 2. The van der Waals surface area contributed by atoms with Gasteiger partial charge in [0.15, 0.2) is 12.3 Å². The van der Waals surface area contributed by atoms with E-state index in [4.69, 9.17) is 9.72 Å². The predicted molar refractivity (Wildman–Crippen MR) is 137 cm³/mol. The first-order valence-electron chi connectivity index (χ1n) is 11.6. The third-order valence-corrected chi connectivity index (χ3v) is 6.02. The summed E-state index contributed by atoms with van der Waals surface area (Å²) in [5, 5.41) is 10.7. The van der Waals surface area contributed by atoms with Crippen molar-refractivity contribution in [2.75, 3.05) is 17.2 Å². The Labute approximate surface area is 210 Å². The van der Waals surface area contributed by atoms with E-state index in [0.29, 0.717) is 39.4 Å². The topological polar surface area (TPSA) is 98.1 Å². The van der Waals surface area contributed by atoms with E-state index in [1.807, 2.05) is 36.4 Å². The van der Waals surface area contributed by atoms with Gasteiger partial charge in [0.25, 0.3) is 11.8 Å². The number of benzene rings is 3. The summed E-state index contributed by atoms with van der Waals surface area (Å²) in [7, 11) is 0. The van der Waals surface area contributed by atoms with Gasteiger partial charge in [-0.25, -0.2) is 14.1 Å². The summed E-state index contributed by atoms with van der Waals surface area (Å²) < 4.78 is 20.8. The standard InChI is InChI=1S/C28H20FN5O3/c29-19-8-4-5-17(11-19)15-34-27-22(14-30-34)21(13-23(33-27)18-6-2-1-3-7-18)28(36)31-20-9-10-25-24(12-20)32-26(35)16-37-25/h1-14H,15-16H2,(H,31,36)(H,32,35). The maximum Gasteiger partial charge on any atom is 0.262 e. The first-order chi connectivity index (χ1) is 18.0. The molecule has 0 aliphatic carbocycles. The van der Waals surface area contributed by atoms with Crippen LogP contribution in [0.3, 0.4) is 0 Å². The van der Waals surface area contributed by atoms with Gasteiger partial charge >= 0.3 is 0 Å². The van der Waals surface area contributed by atoms with Gasteiger partial charge < -0.3 is 15.4 Å². The maximum atomic E-state index is 13.8. The molecular formula is C28H20FN5O3. The number of ether oxygens (including phenoxy) is 1. The molecule has 5 aromatic rings. The van der Waals surface area contributed by atoms with Gasteiger partial charge in [0, 0.05) is 11.3 Å². The first kappa shape index (κ1) is 22.4. The SMILES string of the molecule is O=C1COc2ccc(NC(=O)c3cc(-c4ccccc4)nc4c3cnn4Cc3cccc(F)c3)cc2N1. The number of hydrogen-bond acceptors (Lipinski definition) is 5. The van der Waals surface area contributed by atoms with Crippen LogP contribution in [0.25, 0.3) is 22.3 Å². The van der Waals surface area contributed by atoms with E-state index < -0.39 is 0 Å². The Balaban J connectivity index is 1.40. The molecule has 2 aromatic heterocycles. The number of nitrogens with one attached hydrogen (secondary N) is 2. The zero-order chi connectivity index (χ0) is 25.4. The number of aromatic nitrogens is 3. The molecule has 0 fully saturated rings. The molecular weight excluding hydrogens is 473 g/mol. The smallest absolute Gasteiger partial charge is 0.262 e. The van der Waals surface area contributed by atoms with Crippen molar-refractivity contribution >= 4 is 34.2 Å². The average Bonchev–Trinajstić information content (AvgIpc) is 3.31. The molecule has 1 aliphatic rings. The van der Waals surface area contributed by atoms with Gasteiger partial charge in [-0.1, -0.05) is 42.5 Å². The van der Waals surface area contributed by atoms with Gasteiger partial charge in [0.2, 0.25) is 0 Å². The van der Waals surface area contributed by atoms with Crippen molar-refractivity contribution in [1.82, 2.24) is 14.8 Å². The van der Waals surface area contributed by atoms with E-state index in [1.54, 1.807) is 41.2 Å². The Hall–Kier alpha value is -5.05. The predicted octanol–water partition coefficient (Wildman–Crippen LogP) is 4.87. The van der Waals surface area contributed by atoms with Crippen molar-refractivity contribution in [3.8, 4) is 17.0 Å². The normalized spacial score (nSPS) is 12.5. The highest BCUT2D eigenvalue weighted by Crippen LogP contribution is 2.31. The van der Waals surface area contributed by atoms with Crippen molar-refractivity contribution in [3.05, 3.63) is 102 Å². The fourth-order valence-corrected chi connectivity index (χ4v) is 4.28. The Morgan fingerprint density at radius 3 is 2.76 bits per heavy atom. The van der Waals surface area contributed by atoms with E-state index in [2.05, 4.69) is 15.7 Å². The van der Waals surface area contributed by atoms with Crippen molar-refractivity contribution in [3.63, 3.8) is 0 Å². The number of rotatable bonds is 5. The summed E-state index contributed by atoms with van der Waals surface area (Å²) in [5.41, 5.74) is 4.03. The summed E-state index contributed by atoms with van der Waals surface area (Å²) in [6.45, 7) is 0.244. The van der Waals surface area contributed by atoms with Gasteiger partial charge in [0.05, 0.1) is 35.1 Å². The fraction of sp³-hybridized carbons (Fsp3) is 0.0714. The van der Waals surface area contributed by atoms with Gasteiger partial charge in [-0.2, -0.15) is 5.10 Å². The second kappa shape index (κ2) is 9.19. The summed E-state index contributed by atoms with van der Waals surface area (Å²) >= 11 is 0. The van der Waals surface area contributed by atoms with Gasteiger partial charge in [0.1, 0.15) is 11.6 Å². The minimum Gasteiger partial charge on any atom is -0.482 e. The molecule has 0 saturated heterocycles. The highest BCUT2D eigenvalue weighted by atomic mass is 19.1. The molecule has 0 atom stereocenters. The Kier molecular flexibility index (Phi) is 5.57.